The summed E-state index contributed by atoms with van der Waals surface area (Å²) in [5.74, 6) is 2.19. The number of hydrogen-bond donors (Lipinski definition) is 3. The SMILES string of the molecule is CC1[C@H](O)CC(=C/C=C2\CCC[C@]3(C)C([C@@H](C)CCCC4(O)CCCC4)CC[C@@H]23)C[C@H]1O. The highest BCUT2D eigenvalue weighted by Crippen LogP contribution is 2.60. The molecule has 6 atom stereocenters. The van der Waals surface area contributed by atoms with E-state index in [0.29, 0.717) is 24.2 Å². The molecule has 3 heteroatoms. The van der Waals surface area contributed by atoms with Crippen LogP contribution in [0.5, 0.6) is 0 Å². The molecule has 0 aromatic rings. The Balaban J connectivity index is 1.38. The van der Waals surface area contributed by atoms with E-state index < -0.39 is 12.2 Å². The maximum Gasteiger partial charge on any atom is 0.0647 e. The summed E-state index contributed by atoms with van der Waals surface area (Å²) in [6, 6.07) is 0. The van der Waals surface area contributed by atoms with Crippen LogP contribution >= 0.6 is 0 Å². The van der Waals surface area contributed by atoms with E-state index in [1.54, 1.807) is 5.57 Å². The smallest absolute Gasteiger partial charge is 0.0647 e. The van der Waals surface area contributed by atoms with Gasteiger partial charge in [0.05, 0.1) is 17.8 Å². The molecule has 0 heterocycles. The number of aliphatic hydroxyl groups is 3. The van der Waals surface area contributed by atoms with Crippen molar-refractivity contribution in [2.45, 2.75) is 128 Å². The summed E-state index contributed by atoms with van der Waals surface area (Å²) in [4.78, 5) is 0. The van der Waals surface area contributed by atoms with Crippen LogP contribution in [-0.4, -0.2) is 33.1 Å². The molecule has 0 amide bonds. The highest BCUT2D eigenvalue weighted by molar-refractivity contribution is 5.26. The van der Waals surface area contributed by atoms with Gasteiger partial charge < -0.3 is 15.3 Å². The Labute approximate surface area is 196 Å². The summed E-state index contributed by atoms with van der Waals surface area (Å²) in [6.45, 7) is 6.99. The standard InChI is InChI=1S/C29H48O3/c1-20(8-6-17-29(32)15-4-5-16-29)24-12-13-25-23(9-7-14-28(24,25)3)11-10-22-18-26(30)21(2)27(31)19-22/h10-11,20-21,24-27,30-32H,4-9,12-19H2,1-3H3/b22-10?,23-11+/t20-,21?,24?,25-,26+,27+,28+/m0/s1. The quantitative estimate of drug-likeness (QED) is 0.449. The normalized spacial score (nSPS) is 41.6. The van der Waals surface area contributed by atoms with Crippen molar-refractivity contribution in [3.8, 4) is 0 Å². The average molecular weight is 445 g/mol. The number of aliphatic hydroxyl groups excluding tert-OH is 2. The van der Waals surface area contributed by atoms with Gasteiger partial charge in [0.2, 0.25) is 0 Å². The van der Waals surface area contributed by atoms with Gasteiger partial charge in [0.1, 0.15) is 0 Å². The number of hydrogen-bond acceptors (Lipinski definition) is 3. The van der Waals surface area contributed by atoms with Crippen LogP contribution in [-0.2, 0) is 0 Å². The molecule has 0 bridgehead atoms. The molecular formula is C29H48O3. The minimum atomic E-state index is -0.418. The third-order valence-electron chi connectivity index (χ3n) is 10.3. The van der Waals surface area contributed by atoms with Crippen LogP contribution in [0.3, 0.4) is 0 Å². The fourth-order valence-electron chi connectivity index (χ4n) is 8.06. The van der Waals surface area contributed by atoms with E-state index in [-0.39, 0.29) is 11.5 Å². The maximum atomic E-state index is 10.7. The van der Waals surface area contributed by atoms with Crippen LogP contribution in [0.2, 0.25) is 0 Å². The summed E-state index contributed by atoms with van der Waals surface area (Å²) < 4.78 is 0. The first kappa shape index (κ1) is 24.5. The fourth-order valence-corrected chi connectivity index (χ4v) is 8.06. The third kappa shape index (κ3) is 5.05. The summed E-state index contributed by atoms with van der Waals surface area (Å²) in [7, 11) is 0. The van der Waals surface area contributed by atoms with E-state index >= 15 is 0 Å². The first-order valence-electron chi connectivity index (χ1n) is 13.7. The average Bonchev–Trinajstić information content (AvgIpc) is 3.33. The Bertz CT molecular complexity index is 689. The van der Waals surface area contributed by atoms with Crippen molar-refractivity contribution < 1.29 is 15.3 Å². The zero-order chi connectivity index (χ0) is 22.9. The third-order valence-corrected chi connectivity index (χ3v) is 10.3. The van der Waals surface area contributed by atoms with Crippen LogP contribution in [0.15, 0.2) is 23.3 Å². The molecule has 0 aromatic heterocycles. The number of rotatable bonds is 6. The lowest BCUT2D eigenvalue weighted by Crippen LogP contribution is -2.36. The van der Waals surface area contributed by atoms with Gasteiger partial charge in [0, 0.05) is 5.92 Å². The molecule has 0 saturated heterocycles. The molecule has 0 aliphatic heterocycles. The molecule has 0 aromatic carbocycles. The van der Waals surface area contributed by atoms with Crippen molar-refractivity contribution >= 4 is 0 Å². The van der Waals surface area contributed by atoms with Crippen LogP contribution in [0.25, 0.3) is 0 Å². The lowest BCUT2D eigenvalue weighted by atomic mass is 9.60. The maximum absolute atomic E-state index is 10.7. The second kappa shape index (κ2) is 9.92. The predicted molar refractivity (Wildman–Crippen MR) is 131 cm³/mol. The minimum Gasteiger partial charge on any atom is -0.392 e. The zero-order valence-corrected chi connectivity index (χ0v) is 20.9. The second-order valence-corrected chi connectivity index (χ2v) is 12.4. The molecule has 4 aliphatic carbocycles. The van der Waals surface area contributed by atoms with Crippen LogP contribution in [0.4, 0.5) is 0 Å². The van der Waals surface area contributed by atoms with Gasteiger partial charge in [-0.15, -0.1) is 0 Å². The molecule has 3 N–H and O–H groups in total. The number of allylic oxidation sites excluding steroid dienone is 3. The van der Waals surface area contributed by atoms with Gasteiger partial charge in [-0.05, 0) is 87.4 Å². The molecule has 4 saturated carbocycles. The van der Waals surface area contributed by atoms with Gasteiger partial charge in [-0.25, -0.2) is 0 Å². The zero-order valence-electron chi connectivity index (χ0n) is 20.9. The van der Waals surface area contributed by atoms with Crippen molar-refractivity contribution in [3.05, 3.63) is 23.3 Å². The van der Waals surface area contributed by atoms with Crippen LogP contribution in [0, 0.1) is 29.1 Å². The molecule has 1 unspecified atom stereocenters. The highest BCUT2D eigenvalue weighted by atomic mass is 16.3. The first-order valence-corrected chi connectivity index (χ1v) is 13.7. The van der Waals surface area contributed by atoms with E-state index in [4.69, 9.17) is 0 Å². The molecule has 4 aliphatic rings. The summed E-state index contributed by atoms with van der Waals surface area (Å²) in [6.07, 6.45) is 19.5. The van der Waals surface area contributed by atoms with Crippen molar-refractivity contribution in [3.63, 3.8) is 0 Å². The summed E-state index contributed by atoms with van der Waals surface area (Å²) >= 11 is 0. The minimum absolute atomic E-state index is 0.0239. The van der Waals surface area contributed by atoms with E-state index in [1.165, 1.54) is 63.4 Å². The fraction of sp³-hybridized carbons (Fsp3) is 0.862. The Morgan fingerprint density at radius 2 is 1.69 bits per heavy atom. The van der Waals surface area contributed by atoms with Crippen LogP contribution < -0.4 is 0 Å². The van der Waals surface area contributed by atoms with E-state index in [0.717, 1.165) is 31.1 Å². The molecule has 0 spiro atoms. The molecule has 3 nitrogen and oxygen atoms in total. The monoisotopic (exact) mass is 444 g/mol. The molecule has 32 heavy (non-hydrogen) atoms. The van der Waals surface area contributed by atoms with Gasteiger partial charge >= 0.3 is 0 Å². The Hall–Kier alpha value is -0.640. The van der Waals surface area contributed by atoms with Crippen molar-refractivity contribution in [1.29, 1.82) is 0 Å². The molecule has 4 fully saturated rings. The Morgan fingerprint density at radius 1 is 1.00 bits per heavy atom. The topological polar surface area (TPSA) is 60.7 Å². The van der Waals surface area contributed by atoms with Crippen molar-refractivity contribution in [2.24, 2.45) is 29.1 Å². The molecular weight excluding hydrogens is 396 g/mol. The van der Waals surface area contributed by atoms with Gasteiger partial charge in [-0.3, -0.25) is 0 Å². The number of fused-ring (bicyclic) bond motifs is 1. The first-order chi connectivity index (χ1) is 15.2. The van der Waals surface area contributed by atoms with E-state index in [2.05, 4.69) is 26.0 Å². The molecule has 0 radical (unpaired) electrons. The van der Waals surface area contributed by atoms with Crippen molar-refractivity contribution in [1.82, 2.24) is 0 Å². The van der Waals surface area contributed by atoms with Crippen LogP contribution in [0.1, 0.15) is 111 Å². The Morgan fingerprint density at radius 3 is 2.38 bits per heavy atom. The largest absolute Gasteiger partial charge is 0.392 e. The van der Waals surface area contributed by atoms with E-state index in [1.807, 2.05) is 6.92 Å². The van der Waals surface area contributed by atoms with Gasteiger partial charge in [-0.2, -0.15) is 0 Å². The lowest BCUT2D eigenvalue weighted by Gasteiger charge is -2.44. The van der Waals surface area contributed by atoms with Gasteiger partial charge in [-0.1, -0.05) is 69.8 Å². The Kier molecular flexibility index (Phi) is 7.59. The summed E-state index contributed by atoms with van der Waals surface area (Å²) in [5, 5.41) is 31.2. The molecule has 4 rings (SSSR count). The van der Waals surface area contributed by atoms with Gasteiger partial charge in [0.15, 0.2) is 0 Å². The highest BCUT2D eigenvalue weighted by Gasteiger charge is 2.50. The summed E-state index contributed by atoms with van der Waals surface area (Å²) in [5.41, 5.74) is 2.88. The van der Waals surface area contributed by atoms with Crippen molar-refractivity contribution in [2.75, 3.05) is 0 Å². The van der Waals surface area contributed by atoms with E-state index in [9.17, 15) is 15.3 Å². The van der Waals surface area contributed by atoms with Gasteiger partial charge in [0.25, 0.3) is 0 Å². The predicted octanol–water partition coefficient (Wildman–Crippen LogP) is 6.32. The second-order valence-electron chi connectivity index (χ2n) is 12.4. The lowest BCUT2D eigenvalue weighted by molar-refractivity contribution is 0.00405. The molecule has 182 valence electrons.